The van der Waals surface area contributed by atoms with E-state index >= 15 is 0 Å². The Morgan fingerprint density at radius 1 is 1.25 bits per heavy atom. The van der Waals surface area contributed by atoms with Crippen LogP contribution in [0.3, 0.4) is 0 Å². The number of aliphatic hydroxyl groups is 1. The minimum absolute atomic E-state index is 0.104. The van der Waals surface area contributed by atoms with Gasteiger partial charge in [0, 0.05) is 18.1 Å². The molecule has 1 atom stereocenters. The van der Waals surface area contributed by atoms with Gasteiger partial charge in [0.25, 0.3) is 0 Å². The highest BCUT2D eigenvalue weighted by molar-refractivity contribution is 6.31. The molecule has 0 aliphatic carbocycles. The maximum absolute atomic E-state index is 10.4. The van der Waals surface area contributed by atoms with Crippen LogP contribution in [0.2, 0.25) is 5.02 Å². The quantitative estimate of drug-likeness (QED) is 0.722. The minimum Gasteiger partial charge on any atom is -0.493 e. The summed E-state index contributed by atoms with van der Waals surface area (Å²) in [7, 11) is 3.02. The van der Waals surface area contributed by atoms with E-state index in [1.807, 2.05) is 0 Å². The SMILES string of the molecule is COc1cc(Cl)c(C(O)CCCCC(=O)O)cc1OC. The summed E-state index contributed by atoms with van der Waals surface area (Å²) in [6.45, 7) is 0. The average Bonchev–Trinajstić information content (AvgIpc) is 2.42. The van der Waals surface area contributed by atoms with Crippen LogP contribution in [-0.4, -0.2) is 30.4 Å². The third kappa shape index (κ3) is 4.58. The lowest BCUT2D eigenvalue weighted by Gasteiger charge is -2.16. The second-order valence-corrected chi connectivity index (χ2v) is 4.79. The number of halogens is 1. The molecule has 20 heavy (non-hydrogen) atoms. The van der Waals surface area contributed by atoms with Gasteiger partial charge in [-0.15, -0.1) is 0 Å². The summed E-state index contributed by atoms with van der Waals surface area (Å²) in [5.74, 6) is 0.166. The predicted octanol–water partition coefficient (Wildman–Crippen LogP) is 3.04. The van der Waals surface area contributed by atoms with Crippen LogP contribution in [-0.2, 0) is 4.79 Å². The van der Waals surface area contributed by atoms with Gasteiger partial charge in [-0.05, 0) is 25.3 Å². The van der Waals surface area contributed by atoms with Crippen molar-refractivity contribution in [1.82, 2.24) is 0 Å². The van der Waals surface area contributed by atoms with Crippen LogP contribution in [0, 0.1) is 0 Å². The molecule has 112 valence electrons. The number of aliphatic carboxylic acids is 1. The number of ether oxygens (including phenoxy) is 2. The highest BCUT2D eigenvalue weighted by Gasteiger charge is 2.16. The van der Waals surface area contributed by atoms with E-state index < -0.39 is 12.1 Å². The fraction of sp³-hybridized carbons (Fsp3) is 0.500. The standard InChI is InChI=1S/C14H19ClO5/c1-19-12-7-9(10(15)8-13(12)20-2)11(16)5-3-4-6-14(17)18/h7-8,11,16H,3-6H2,1-2H3,(H,17,18). The molecule has 0 heterocycles. The van der Waals surface area contributed by atoms with Gasteiger partial charge in [0.05, 0.1) is 25.3 Å². The first kappa shape index (κ1) is 16.6. The smallest absolute Gasteiger partial charge is 0.303 e. The molecule has 0 radical (unpaired) electrons. The first-order valence-corrected chi connectivity index (χ1v) is 6.68. The van der Waals surface area contributed by atoms with Crippen molar-refractivity contribution < 1.29 is 24.5 Å². The van der Waals surface area contributed by atoms with Gasteiger partial charge in [-0.1, -0.05) is 11.6 Å². The van der Waals surface area contributed by atoms with Crippen LogP contribution in [0.1, 0.15) is 37.4 Å². The zero-order valence-corrected chi connectivity index (χ0v) is 12.3. The van der Waals surface area contributed by atoms with Crippen molar-refractivity contribution in [1.29, 1.82) is 0 Å². The van der Waals surface area contributed by atoms with Crippen LogP contribution in [0.5, 0.6) is 11.5 Å². The Hall–Kier alpha value is -1.46. The van der Waals surface area contributed by atoms with E-state index in [1.165, 1.54) is 14.2 Å². The predicted molar refractivity (Wildman–Crippen MR) is 75.6 cm³/mol. The fourth-order valence-corrected chi connectivity index (χ4v) is 2.17. The van der Waals surface area contributed by atoms with Crippen molar-refractivity contribution in [2.75, 3.05) is 14.2 Å². The Morgan fingerprint density at radius 2 is 1.85 bits per heavy atom. The molecule has 1 unspecified atom stereocenters. The minimum atomic E-state index is -0.830. The first-order chi connectivity index (χ1) is 9.49. The normalized spacial score (nSPS) is 12.0. The molecule has 0 aliphatic rings. The van der Waals surface area contributed by atoms with E-state index in [-0.39, 0.29) is 6.42 Å². The van der Waals surface area contributed by atoms with Crippen LogP contribution < -0.4 is 9.47 Å². The van der Waals surface area contributed by atoms with Crippen molar-refractivity contribution in [3.8, 4) is 11.5 Å². The lowest BCUT2D eigenvalue weighted by atomic mass is 10.0. The van der Waals surface area contributed by atoms with Crippen molar-refractivity contribution in [2.24, 2.45) is 0 Å². The van der Waals surface area contributed by atoms with Crippen molar-refractivity contribution in [3.63, 3.8) is 0 Å². The molecule has 1 aromatic carbocycles. The van der Waals surface area contributed by atoms with Crippen LogP contribution >= 0.6 is 11.6 Å². The number of carboxylic acids is 1. The zero-order valence-electron chi connectivity index (χ0n) is 11.6. The molecule has 0 saturated carbocycles. The molecule has 0 bridgehead atoms. The second kappa shape index (κ2) is 7.97. The Bertz CT molecular complexity index is 461. The summed E-state index contributed by atoms with van der Waals surface area (Å²) in [6, 6.07) is 3.24. The number of carboxylic acid groups (broad SMARTS) is 1. The molecule has 2 N–H and O–H groups in total. The van der Waals surface area contributed by atoms with Crippen LogP contribution in [0.4, 0.5) is 0 Å². The van der Waals surface area contributed by atoms with E-state index in [9.17, 15) is 9.90 Å². The highest BCUT2D eigenvalue weighted by atomic mass is 35.5. The van der Waals surface area contributed by atoms with E-state index in [0.717, 1.165) is 0 Å². The molecule has 1 rings (SSSR count). The average molecular weight is 303 g/mol. The maximum atomic E-state index is 10.4. The second-order valence-electron chi connectivity index (χ2n) is 4.38. The number of hydrogen-bond acceptors (Lipinski definition) is 4. The first-order valence-electron chi connectivity index (χ1n) is 6.30. The number of unbranched alkanes of at least 4 members (excludes halogenated alkanes) is 1. The van der Waals surface area contributed by atoms with Crippen molar-refractivity contribution >= 4 is 17.6 Å². The fourth-order valence-electron chi connectivity index (χ4n) is 1.89. The molecule has 0 saturated heterocycles. The summed E-state index contributed by atoms with van der Waals surface area (Å²) >= 11 is 6.11. The molecule has 0 amide bonds. The molecular formula is C14H19ClO5. The largest absolute Gasteiger partial charge is 0.493 e. The van der Waals surface area contributed by atoms with Crippen LogP contribution in [0.15, 0.2) is 12.1 Å². The number of rotatable bonds is 8. The molecule has 0 fully saturated rings. The Morgan fingerprint density at radius 3 is 2.40 bits per heavy atom. The molecule has 0 spiro atoms. The van der Waals surface area contributed by atoms with E-state index in [4.69, 9.17) is 26.2 Å². The topological polar surface area (TPSA) is 76.0 Å². The lowest BCUT2D eigenvalue weighted by molar-refractivity contribution is -0.137. The van der Waals surface area contributed by atoms with Crippen molar-refractivity contribution in [2.45, 2.75) is 31.8 Å². The van der Waals surface area contributed by atoms with E-state index in [1.54, 1.807) is 12.1 Å². The van der Waals surface area contributed by atoms with Gasteiger partial charge in [-0.25, -0.2) is 0 Å². The molecule has 5 nitrogen and oxygen atoms in total. The van der Waals surface area contributed by atoms with E-state index in [0.29, 0.717) is 41.3 Å². The Kier molecular flexibility index (Phi) is 6.61. The summed E-state index contributed by atoms with van der Waals surface area (Å²) in [6.07, 6.45) is 0.931. The number of aliphatic hydroxyl groups excluding tert-OH is 1. The van der Waals surface area contributed by atoms with Gasteiger partial charge >= 0.3 is 5.97 Å². The summed E-state index contributed by atoms with van der Waals surface area (Å²) in [5, 5.41) is 19.1. The Balaban J connectivity index is 2.72. The van der Waals surface area contributed by atoms with E-state index in [2.05, 4.69) is 0 Å². The van der Waals surface area contributed by atoms with Crippen LogP contribution in [0.25, 0.3) is 0 Å². The highest BCUT2D eigenvalue weighted by Crippen LogP contribution is 2.37. The van der Waals surface area contributed by atoms with Gasteiger partial charge in [-0.3, -0.25) is 4.79 Å². The Labute approximate surface area is 123 Å². The van der Waals surface area contributed by atoms with Gasteiger partial charge < -0.3 is 19.7 Å². The zero-order chi connectivity index (χ0) is 15.1. The molecule has 0 aliphatic heterocycles. The van der Waals surface area contributed by atoms with Gasteiger partial charge in [0.2, 0.25) is 0 Å². The third-order valence-electron chi connectivity index (χ3n) is 2.98. The molecule has 0 aromatic heterocycles. The summed E-state index contributed by atoms with van der Waals surface area (Å²) in [4.78, 5) is 10.4. The van der Waals surface area contributed by atoms with Gasteiger partial charge in [0.15, 0.2) is 11.5 Å². The lowest BCUT2D eigenvalue weighted by Crippen LogP contribution is -2.02. The van der Waals surface area contributed by atoms with Gasteiger partial charge in [-0.2, -0.15) is 0 Å². The molecule has 6 heteroatoms. The van der Waals surface area contributed by atoms with Crippen molar-refractivity contribution in [3.05, 3.63) is 22.7 Å². The number of carbonyl (C=O) groups is 1. The maximum Gasteiger partial charge on any atom is 0.303 e. The summed E-state index contributed by atoms with van der Waals surface area (Å²) < 4.78 is 10.3. The molecular weight excluding hydrogens is 284 g/mol. The number of hydrogen-bond donors (Lipinski definition) is 2. The van der Waals surface area contributed by atoms with Gasteiger partial charge in [0.1, 0.15) is 0 Å². The monoisotopic (exact) mass is 302 g/mol. The third-order valence-corrected chi connectivity index (χ3v) is 3.31. The molecule has 1 aromatic rings. The number of methoxy groups -OCH3 is 2. The number of benzene rings is 1. The summed E-state index contributed by atoms with van der Waals surface area (Å²) in [5.41, 5.74) is 0.555.